The highest BCUT2D eigenvalue weighted by molar-refractivity contribution is 5.16. The molecule has 1 aliphatic rings. The predicted octanol–water partition coefficient (Wildman–Crippen LogP) is 1.39. The third-order valence-electron chi connectivity index (χ3n) is 3.92. The maximum absolute atomic E-state index is 12.9. The lowest BCUT2D eigenvalue weighted by molar-refractivity contribution is 0.0364. The topological polar surface area (TPSA) is 44.7 Å². The molecule has 1 heterocycles. The number of nitrogens with one attached hydrogen (secondary N) is 1. The van der Waals surface area contributed by atoms with Crippen molar-refractivity contribution in [3.8, 4) is 0 Å². The Morgan fingerprint density at radius 1 is 1.38 bits per heavy atom. The lowest BCUT2D eigenvalue weighted by Gasteiger charge is -2.36. The van der Waals surface area contributed by atoms with Gasteiger partial charge in [-0.15, -0.1) is 0 Å². The number of halogens is 1. The molecule has 2 N–H and O–H groups in total. The number of benzene rings is 1. The fraction of sp³-hybridized carbons (Fsp3) is 0.625. The number of β-amino-alcohol motifs (C(OH)–C–C–N with tert-alkyl or cyclic N) is 1. The van der Waals surface area contributed by atoms with Crippen LogP contribution in [0.1, 0.15) is 18.4 Å². The summed E-state index contributed by atoms with van der Waals surface area (Å²) in [7, 11) is 1.70. The number of likely N-dealkylation sites (tertiary alicyclic amines) is 1. The molecular formula is C16H25FN2O2. The van der Waals surface area contributed by atoms with Gasteiger partial charge in [0.25, 0.3) is 0 Å². The Labute approximate surface area is 125 Å². The van der Waals surface area contributed by atoms with E-state index in [2.05, 4.69) is 10.2 Å². The van der Waals surface area contributed by atoms with Crippen molar-refractivity contribution in [3.05, 3.63) is 35.6 Å². The van der Waals surface area contributed by atoms with Gasteiger partial charge in [0.15, 0.2) is 0 Å². The largest absolute Gasteiger partial charge is 0.390 e. The van der Waals surface area contributed by atoms with E-state index >= 15 is 0 Å². The molecule has 0 amide bonds. The van der Waals surface area contributed by atoms with Gasteiger partial charge in [0, 0.05) is 39.4 Å². The van der Waals surface area contributed by atoms with Gasteiger partial charge in [0.2, 0.25) is 0 Å². The summed E-state index contributed by atoms with van der Waals surface area (Å²) in [4.78, 5) is 2.21. The van der Waals surface area contributed by atoms with E-state index in [0.29, 0.717) is 6.54 Å². The molecule has 2 atom stereocenters. The third-order valence-corrected chi connectivity index (χ3v) is 3.92. The van der Waals surface area contributed by atoms with Crippen LogP contribution in [0.2, 0.25) is 0 Å². The molecule has 0 radical (unpaired) electrons. The van der Waals surface area contributed by atoms with Crippen molar-refractivity contribution in [2.45, 2.75) is 31.5 Å². The summed E-state index contributed by atoms with van der Waals surface area (Å²) < 4.78 is 17.9. The van der Waals surface area contributed by atoms with Gasteiger partial charge in [0.1, 0.15) is 5.82 Å². The van der Waals surface area contributed by atoms with Gasteiger partial charge in [-0.3, -0.25) is 4.90 Å². The van der Waals surface area contributed by atoms with Gasteiger partial charge >= 0.3 is 0 Å². The van der Waals surface area contributed by atoms with E-state index in [0.717, 1.165) is 44.6 Å². The minimum Gasteiger partial charge on any atom is -0.390 e. The van der Waals surface area contributed by atoms with Gasteiger partial charge in [-0.2, -0.15) is 0 Å². The number of ether oxygens (including phenoxy) is 1. The van der Waals surface area contributed by atoms with Crippen molar-refractivity contribution in [2.24, 2.45) is 0 Å². The van der Waals surface area contributed by atoms with Crippen LogP contribution < -0.4 is 5.32 Å². The van der Waals surface area contributed by atoms with Gasteiger partial charge in [-0.1, -0.05) is 12.1 Å². The smallest absolute Gasteiger partial charge is 0.123 e. The Balaban J connectivity index is 1.73. The average Bonchev–Trinajstić information content (AvgIpc) is 2.48. The molecule has 1 fully saturated rings. The van der Waals surface area contributed by atoms with Crippen LogP contribution in [0.3, 0.4) is 0 Å². The van der Waals surface area contributed by atoms with E-state index in [-0.39, 0.29) is 18.0 Å². The molecule has 0 saturated carbocycles. The van der Waals surface area contributed by atoms with Crippen LogP contribution in [0, 0.1) is 5.82 Å². The van der Waals surface area contributed by atoms with E-state index < -0.39 is 0 Å². The maximum atomic E-state index is 12.9. The highest BCUT2D eigenvalue weighted by atomic mass is 19.1. The summed E-state index contributed by atoms with van der Waals surface area (Å²) in [6.07, 6.45) is 1.52. The van der Waals surface area contributed by atoms with Gasteiger partial charge < -0.3 is 15.2 Å². The molecule has 0 spiro atoms. The Bertz CT molecular complexity index is 413. The fourth-order valence-corrected chi connectivity index (χ4v) is 2.73. The molecule has 2 rings (SSSR count). The third kappa shape index (κ3) is 5.36. The van der Waals surface area contributed by atoms with Gasteiger partial charge in [0.05, 0.1) is 6.10 Å². The molecule has 4 nitrogen and oxygen atoms in total. The van der Waals surface area contributed by atoms with Crippen LogP contribution in [0.4, 0.5) is 4.39 Å². The second kappa shape index (κ2) is 8.44. The Morgan fingerprint density at radius 3 is 2.81 bits per heavy atom. The van der Waals surface area contributed by atoms with Crippen molar-refractivity contribution < 1.29 is 14.2 Å². The first-order chi connectivity index (χ1) is 10.2. The summed E-state index contributed by atoms with van der Waals surface area (Å²) in [5, 5.41) is 13.6. The molecule has 0 bridgehead atoms. The quantitative estimate of drug-likeness (QED) is 0.746. The Hall–Kier alpha value is -1.01. The van der Waals surface area contributed by atoms with Crippen molar-refractivity contribution in [2.75, 3.05) is 33.4 Å². The maximum Gasteiger partial charge on any atom is 0.123 e. The van der Waals surface area contributed by atoms with E-state index in [1.807, 2.05) is 0 Å². The number of hydrogen-bond donors (Lipinski definition) is 2. The van der Waals surface area contributed by atoms with Crippen LogP contribution in [-0.4, -0.2) is 55.5 Å². The molecule has 0 aliphatic carbocycles. The minimum atomic E-state index is -0.359. The van der Waals surface area contributed by atoms with Gasteiger partial charge in [-0.05, 0) is 37.1 Å². The number of nitrogens with zero attached hydrogens (tertiary/aromatic N) is 1. The zero-order valence-electron chi connectivity index (χ0n) is 12.6. The van der Waals surface area contributed by atoms with Crippen molar-refractivity contribution in [1.29, 1.82) is 0 Å². The van der Waals surface area contributed by atoms with Crippen LogP contribution >= 0.6 is 0 Å². The zero-order valence-corrected chi connectivity index (χ0v) is 12.6. The van der Waals surface area contributed by atoms with Gasteiger partial charge in [-0.25, -0.2) is 4.39 Å². The number of methoxy groups -OCH3 is 1. The average molecular weight is 296 g/mol. The summed E-state index contributed by atoms with van der Waals surface area (Å²) in [5.74, 6) is -0.210. The van der Waals surface area contributed by atoms with E-state index in [1.165, 1.54) is 12.1 Å². The second-order valence-electron chi connectivity index (χ2n) is 5.62. The second-order valence-corrected chi connectivity index (χ2v) is 5.62. The van der Waals surface area contributed by atoms with Crippen LogP contribution in [0.25, 0.3) is 0 Å². The highest BCUT2D eigenvalue weighted by Gasteiger charge is 2.26. The molecule has 1 aliphatic heterocycles. The number of hydrogen-bond acceptors (Lipinski definition) is 4. The monoisotopic (exact) mass is 296 g/mol. The first-order valence-corrected chi connectivity index (χ1v) is 7.56. The Kier molecular flexibility index (Phi) is 6.57. The highest BCUT2D eigenvalue weighted by Crippen LogP contribution is 2.15. The standard InChI is InChI=1S/C16H25FN2O2/c1-21-10-2-8-18-15-7-9-19(12-16(15)20)11-13-3-5-14(17)6-4-13/h3-6,15-16,18,20H,2,7-12H2,1H3/t15-,16-/m1/s1. The summed E-state index contributed by atoms with van der Waals surface area (Å²) in [6, 6.07) is 6.73. The normalized spacial score (nSPS) is 23.4. The van der Waals surface area contributed by atoms with Crippen LogP contribution in [0.5, 0.6) is 0 Å². The van der Waals surface area contributed by atoms with Crippen molar-refractivity contribution >= 4 is 0 Å². The number of aliphatic hydroxyl groups is 1. The minimum absolute atomic E-state index is 0.159. The molecule has 1 aromatic rings. The molecule has 1 saturated heterocycles. The van der Waals surface area contributed by atoms with E-state index in [1.54, 1.807) is 19.2 Å². The molecule has 118 valence electrons. The Morgan fingerprint density at radius 2 is 2.14 bits per heavy atom. The summed E-state index contributed by atoms with van der Waals surface area (Å²) in [6.45, 7) is 3.96. The number of aliphatic hydroxyl groups excluding tert-OH is 1. The lowest BCUT2D eigenvalue weighted by atomic mass is 10.0. The molecule has 0 aromatic heterocycles. The molecule has 0 unspecified atom stereocenters. The molecule has 1 aromatic carbocycles. The molecular weight excluding hydrogens is 271 g/mol. The zero-order chi connectivity index (χ0) is 15.1. The van der Waals surface area contributed by atoms with Crippen molar-refractivity contribution in [1.82, 2.24) is 10.2 Å². The number of rotatable bonds is 7. The van der Waals surface area contributed by atoms with Crippen LogP contribution in [-0.2, 0) is 11.3 Å². The van der Waals surface area contributed by atoms with Crippen molar-refractivity contribution in [3.63, 3.8) is 0 Å². The first kappa shape index (κ1) is 16.4. The predicted molar refractivity (Wildman–Crippen MR) is 80.6 cm³/mol. The van der Waals surface area contributed by atoms with E-state index in [9.17, 15) is 9.50 Å². The summed E-state index contributed by atoms with van der Waals surface area (Å²) >= 11 is 0. The molecule has 5 heteroatoms. The summed E-state index contributed by atoms with van der Waals surface area (Å²) in [5.41, 5.74) is 1.08. The first-order valence-electron chi connectivity index (χ1n) is 7.56. The van der Waals surface area contributed by atoms with Crippen LogP contribution in [0.15, 0.2) is 24.3 Å². The number of piperidine rings is 1. The SMILES string of the molecule is COCCCN[C@@H]1CCN(Cc2ccc(F)cc2)C[C@H]1O. The lowest BCUT2D eigenvalue weighted by Crippen LogP contribution is -2.52. The van der Waals surface area contributed by atoms with E-state index in [4.69, 9.17) is 4.74 Å². The fourth-order valence-electron chi connectivity index (χ4n) is 2.73. The molecule has 21 heavy (non-hydrogen) atoms.